The zero-order valence-electron chi connectivity index (χ0n) is 7.48. The fourth-order valence-corrected chi connectivity index (χ4v) is 0.877. The average molecular weight is 223 g/mol. The Hall–Kier alpha value is -0.0500. The largest absolute Gasteiger partial charge is 0.460 e. The molecule has 1 atom stereocenters. The SMILES string of the molecule is C[C@H](Br)CC(=O)OC(C)(C)C. The Kier molecular flexibility index (Phi) is 4.08. The highest BCUT2D eigenvalue weighted by atomic mass is 79.9. The molecular weight excluding hydrogens is 208 g/mol. The minimum absolute atomic E-state index is 0.151. The van der Waals surface area contributed by atoms with E-state index in [1.54, 1.807) is 0 Å². The van der Waals surface area contributed by atoms with Gasteiger partial charge in [-0.15, -0.1) is 0 Å². The summed E-state index contributed by atoms with van der Waals surface area (Å²) >= 11 is 3.28. The number of ether oxygens (including phenoxy) is 1. The van der Waals surface area contributed by atoms with E-state index in [2.05, 4.69) is 15.9 Å². The zero-order valence-corrected chi connectivity index (χ0v) is 9.06. The monoisotopic (exact) mass is 222 g/mol. The van der Waals surface area contributed by atoms with Gasteiger partial charge in [-0.3, -0.25) is 4.79 Å². The van der Waals surface area contributed by atoms with Crippen molar-refractivity contribution in [2.24, 2.45) is 0 Å². The van der Waals surface area contributed by atoms with Crippen molar-refractivity contribution < 1.29 is 9.53 Å². The van der Waals surface area contributed by atoms with Crippen LogP contribution in [0.25, 0.3) is 0 Å². The van der Waals surface area contributed by atoms with Crippen molar-refractivity contribution in [1.29, 1.82) is 0 Å². The Labute approximate surface area is 76.4 Å². The van der Waals surface area contributed by atoms with E-state index < -0.39 is 0 Å². The van der Waals surface area contributed by atoms with Crippen LogP contribution in [0, 0.1) is 0 Å². The maximum absolute atomic E-state index is 11.0. The standard InChI is InChI=1S/C8H15BrO2/c1-6(9)5-7(10)11-8(2,3)4/h6H,5H2,1-4H3/t6-/m0/s1. The number of hydrogen-bond acceptors (Lipinski definition) is 2. The van der Waals surface area contributed by atoms with Gasteiger partial charge in [0.05, 0.1) is 6.42 Å². The highest BCUT2D eigenvalue weighted by molar-refractivity contribution is 9.09. The maximum atomic E-state index is 11.0. The van der Waals surface area contributed by atoms with Gasteiger partial charge in [-0.05, 0) is 20.8 Å². The van der Waals surface area contributed by atoms with E-state index in [1.165, 1.54) is 0 Å². The van der Waals surface area contributed by atoms with Crippen molar-refractivity contribution in [3.63, 3.8) is 0 Å². The summed E-state index contributed by atoms with van der Waals surface area (Å²) in [6, 6.07) is 0. The van der Waals surface area contributed by atoms with Gasteiger partial charge in [0, 0.05) is 4.83 Å². The summed E-state index contributed by atoms with van der Waals surface area (Å²) in [6.07, 6.45) is 0.428. The normalized spacial score (nSPS) is 14.3. The lowest BCUT2D eigenvalue weighted by molar-refractivity contribution is -0.154. The molecule has 0 amide bonds. The first-order valence-corrected chi connectivity index (χ1v) is 4.59. The number of rotatable bonds is 2. The third kappa shape index (κ3) is 7.85. The number of alkyl halides is 1. The van der Waals surface area contributed by atoms with E-state index in [0.29, 0.717) is 6.42 Å². The topological polar surface area (TPSA) is 26.3 Å². The molecule has 0 aromatic heterocycles. The Morgan fingerprint density at radius 3 is 2.27 bits per heavy atom. The maximum Gasteiger partial charge on any atom is 0.307 e. The van der Waals surface area contributed by atoms with Crippen molar-refractivity contribution in [2.75, 3.05) is 0 Å². The minimum atomic E-state index is -0.362. The van der Waals surface area contributed by atoms with Gasteiger partial charge in [0.2, 0.25) is 0 Å². The second-order valence-corrected chi connectivity index (χ2v) is 5.13. The van der Waals surface area contributed by atoms with E-state index in [4.69, 9.17) is 4.74 Å². The van der Waals surface area contributed by atoms with E-state index in [-0.39, 0.29) is 16.4 Å². The van der Waals surface area contributed by atoms with Crippen molar-refractivity contribution >= 4 is 21.9 Å². The summed E-state index contributed by atoms with van der Waals surface area (Å²) in [5.41, 5.74) is -0.362. The van der Waals surface area contributed by atoms with Crippen LogP contribution in [0.5, 0.6) is 0 Å². The molecule has 2 nitrogen and oxygen atoms in total. The predicted octanol–water partition coefficient (Wildman–Crippen LogP) is 2.50. The molecule has 0 unspecified atom stereocenters. The fourth-order valence-electron chi connectivity index (χ4n) is 0.613. The first kappa shape index (κ1) is 11.0. The minimum Gasteiger partial charge on any atom is -0.460 e. The number of hydrogen-bond donors (Lipinski definition) is 0. The zero-order chi connectivity index (χ0) is 9.07. The molecule has 0 spiro atoms. The second-order valence-electron chi connectivity index (χ2n) is 3.57. The fraction of sp³-hybridized carbons (Fsp3) is 0.875. The highest BCUT2D eigenvalue weighted by Gasteiger charge is 2.16. The quantitative estimate of drug-likeness (QED) is 0.531. The molecule has 0 radical (unpaired) electrons. The van der Waals surface area contributed by atoms with Gasteiger partial charge < -0.3 is 4.74 Å². The van der Waals surface area contributed by atoms with E-state index in [1.807, 2.05) is 27.7 Å². The summed E-state index contributed by atoms with van der Waals surface area (Å²) in [5, 5.41) is 0. The lowest BCUT2D eigenvalue weighted by atomic mass is 10.2. The summed E-state index contributed by atoms with van der Waals surface area (Å²) < 4.78 is 5.08. The molecule has 0 saturated carbocycles. The van der Waals surface area contributed by atoms with Crippen LogP contribution in [-0.2, 0) is 9.53 Å². The number of carbonyl (C=O) groups excluding carboxylic acids is 1. The molecule has 0 aromatic carbocycles. The van der Waals surface area contributed by atoms with Crippen LogP contribution < -0.4 is 0 Å². The van der Waals surface area contributed by atoms with Gasteiger partial charge in [0.1, 0.15) is 5.60 Å². The summed E-state index contributed by atoms with van der Waals surface area (Å²) in [5.74, 6) is -0.151. The first-order chi connectivity index (χ1) is 4.81. The van der Waals surface area contributed by atoms with Crippen LogP contribution in [0.15, 0.2) is 0 Å². The molecule has 0 rings (SSSR count). The Bertz CT molecular complexity index is 136. The second kappa shape index (κ2) is 4.10. The number of halogens is 1. The van der Waals surface area contributed by atoms with E-state index in [9.17, 15) is 4.79 Å². The van der Waals surface area contributed by atoms with Gasteiger partial charge >= 0.3 is 5.97 Å². The van der Waals surface area contributed by atoms with Crippen LogP contribution in [0.2, 0.25) is 0 Å². The summed E-state index contributed by atoms with van der Waals surface area (Å²) in [7, 11) is 0. The van der Waals surface area contributed by atoms with Crippen LogP contribution >= 0.6 is 15.9 Å². The molecule has 11 heavy (non-hydrogen) atoms. The molecule has 0 bridgehead atoms. The molecule has 0 aliphatic carbocycles. The molecule has 0 aliphatic heterocycles. The molecule has 0 N–H and O–H groups in total. The summed E-state index contributed by atoms with van der Waals surface area (Å²) in [4.78, 5) is 11.2. The van der Waals surface area contributed by atoms with Crippen LogP contribution in [-0.4, -0.2) is 16.4 Å². The van der Waals surface area contributed by atoms with E-state index in [0.717, 1.165) is 0 Å². The van der Waals surface area contributed by atoms with Gasteiger partial charge in [-0.25, -0.2) is 0 Å². The van der Waals surface area contributed by atoms with Crippen molar-refractivity contribution in [2.45, 2.75) is 44.5 Å². The smallest absolute Gasteiger partial charge is 0.307 e. The molecule has 66 valence electrons. The molecule has 0 fully saturated rings. The molecular formula is C8H15BrO2. The van der Waals surface area contributed by atoms with Crippen LogP contribution in [0.1, 0.15) is 34.1 Å². The average Bonchev–Trinajstić information content (AvgIpc) is 1.53. The van der Waals surface area contributed by atoms with Crippen LogP contribution in [0.3, 0.4) is 0 Å². The molecule has 0 aromatic rings. The molecule has 3 heteroatoms. The van der Waals surface area contributed by atoms with Crippen molar-refractivity contribution in [3.8, 4) is 0 Å². The predicted molar refractivity (Wildman–Crippen MR) is 48.9 cm³/mol. The van der Waals surface area contributed by atoms with Gasteiger partial charge in [-0.1, -0.05) is 22.9 Å². The third-order valence-corrected chi connectivity index (χ3v) is 1.19. The number of carbonyl (C=O) groups is 1. The molecule has 0 aliphatic rings. The van der Waals surface area contributed by atoms with Gasteiger partial charge in [0.15, 0.2) is 0 Å². The number of esters is 1. The Morgan fingerprint density at radius 2 is 2.00 bits per heavy atom. The van der Waals surface area contributed by atoms with Gasteiger partial charge in [0.25, 0.3) is 0 Å². The molecule has 0 heterocycles. The first-order valence-electron chi connectivity index (χ1n) is 3.67. The Morgan fingerprint density at radius 1 is 1.55 bits per heavy atom. The Balaban J connectivity index is 3.71. The lowest BCUT2D eigenvalue weighted by Gasteiger charge is -2.19. The van der Waals surface area contributed by atoms with Gasteiger partial charge in [-0.2, -0.15) is 0 Å². The third-order valence-electron chi connectivity index (χ3n) is 0.868. The summed E-state index contributed by atoms with van der Waals surface area (Å²) in [6.45, 7) is 7.52. The lowest BCUT2D eigenvalue weighted by Crippen LogP contribution is -2.24. The molecule has 0 saturated heterocycles. The van der Waals surface area contributed by atoms with Crippen LogP contribution in [0.4, 0.5) is 0 Å². The van der Waals surface area contributed by atoms with Crippen molar-refractivity contribution in [1.82, 2.24) is 0 Å². The highest BCUT2D eigenvalue weighted by Crippen LogP contribution is 2.11. The van der Waals surface area contributed by atoms with E-state index >= 15 is 0 Å². The van der Waals surface area contributed by atoms with Crippen molar-refractivity contribution in [3.05, 3.63) is 0 Å².